The zero-order chi connectivity index (χ0) is 17.9. The van der Waals surface area contributed by atoms with Gasteiger partial charge in [0, 0.05) is 19.6 Å². The number of urea groups is 1. The van der Waals surface area contributed by atoms with E-state index in [2.05, 4.69) is 10.6 Å². The highest BCUT2D eigenvalue weighted by Crippen LogP contribution is 2.35. The Hall–Kier alpha value is -1.70. The lowest BCUT2D eigenvalue weighted by atomic mass is 9.74. The second kappa shape index (κ2) is 8.79. The number of nitrogens with one attached hydrogen (secondary N) is 2. The maximum Gasteiger partial charge on any atom is 0.325 e. The molecule has 3 N–H and O–H groups in total. The SMILES string of the molecule is Cl.O=C1NC(Cc2cccc(F)c2)(C2CCNCC2)C(=O)N1CCCO. The first-order valence-corrected chi connectivity index (χ1v) is 8.77. The molecule has 1 atom stereocenters. The van der Waals surface area contributed by atoms with Crippen molar-refractivity contribution >= 4 is 24.3 Å². The number of nitrogens with zero attached hydrogens (tertiary/aromatic N) is 1. The van der Waals surface area contributed by atoms with Gasteiger partial charge < -0.3 is 15.7 Å². The molecular formula is C18H25ClFN3O3. The summed E-state index contributed by atoms with van der Waals surface area (Å²) in [5.41, 5.74) is -0.348. The summed E-state index contributed by atoms with van der Waals surface area (Å²) in [5, 5.41) is 15.2. The molecule has 26 heavy (non-hydrogen) atoms. The Balaban J connectivity index is 0.00000243. The van der Waals surface area contributed by atoms with Crippen LogP contribution in [-0.2, 0) is 11.2 Å². The lowest BCUT2D eigenvalue weighted by Crippen LogP contribution is -2.57. The predicted octanol–water partition coefficient (Wildman–Crippen LogP) is 1.46. The number of aliphatic hydroxyl groups excluding tert-OH is 1. The van der Waals surface area contributed by atoms with E-state index < -0.39 is 11.6 Å². The van der Waals surface area contributed by atoms with Gasteiger partial charge in [-0.25, -0.2) is 9.18 Å². The Morgan fingerprint density at radius 3 is 2.65 bits per heavy atom. The first-order chi connectivity index (χ1) is 12.1. The van der Waals surface area contributed by atoms with Gasteiger partial charge in [-0.15, -0.1) is 12.4 Å². The number of benzene rings is 1. The maximum absolute atomic E-state index is 13.6. The Morgan fingerprint density at radius 1 is 1.27 bits per heavy atom. The molecule has 0 aliphatic carbocycles. The average Bonchev–Trinajstić information content (AvgIpc) is 2.85. The Kier molecular flexibility index (Phi) is 6.97. The summed E-state index contributed by atoms with van der Waals surface area (Å²) in [7, 11) is 0. The molecule has 1 aromatic rings. The number of rotatable bonds is 6. The van der Waals surface area contributed by atoms with E-state index in [-0.39, 0.29) is 49.6 Å². The van der Waals surface area contributed by atoms with Gasteiger partial charge in [0.2, 0.25) is 0 Å². The number of imide groups is 1. The number of halogens is 2. The molecule has 3 amide bonds. The van der Waals surface area contributed by atoms with Gasteiger partial charge in [-0.2, -0.15) is 0 Å². The number of aliphatic hydroxyl groups is 1. The number of hydrogen-bond acceptors (Lipinski definition) is 4. The second-order valence-electron chi connectivity index (χ2n) is 6.77. The highest BCUT2D eigenvalue weighted by molar-refractivity contribution is 6.07. The monoisotopic (exact) mass is 385 g/mol. The number of carbonyl (C=O) groups excluding carboxylic acids is 2. The summed E-state index contributed by atoms with van der Waals surface area (Å²) < 4.78 is 13.6. The van der Waals surface area contributed by atoms with Crippen molar-refractivity contribution in [3.63, 3.8) is 0 Å². The average molecular weight is 386 g/mol. The molecule has 144 valence electrons. The topological polar surface area (TPSA) is 81.7 Å². The van der Waals surface area contributed by atoms with Crippen LogP contribution < -0.4 is 10.6 Å². The molecule has 8 heteroatoms. The van der Waals surface area contributed by atoms with E-state index in [0.717, 1.165) is 25.9 Å². The molecule has 0 radical (unpaired) electrons. The standard InChI is InChI=1S/C18H24FN3O3.ClH/c19-15-4-1-3-13(11-15)12-18(14-5-7-20-8-6-14)16(24)22(9-2-10-23)17(25)21-18;/h1,3-4,11,14,20,23H,2,5-10,12H2,(H,21,25);1H. The Bertz CT molecular complexity index is 654. The highest BCUT2D eigenvalue weighted by Gasteiger charge is 2.55. The van der Waals surface area contributed by atoms with Crippen LogP contribution in [0.15, 0.2) is 24.3 Å². The number of carbonyl (C=O) groups is 2. The Labute approximate surface area is 158 Å². The summed E-state index contributed by atoms with van der Waals surface area (Å²) in [6.45, 7) is 1.68. The summed E-state index contributed by atoms with van der Waals surface area (Å²) >= 11 is 0. The van der Waals surface area contributed by atoms with Gasteiger partial charge in [-0.3, -0.25) is 9.69 Å². The molecule has 2 fully saturated rings. The number of amides is 3. The first kappa shape index (κ1) is 20.6. The molecule has 0 aromatic heterocycles. The molecular weight excluding hydrogens is 361 g/mol. The minimum atomic E-state index is -1.04. The molecule has 2 aliphatic heterocycles. The van der Waals surface area contributed by atoms with E-state index in [1.54, 1.807) is 12.1 Å². The zero-order valence-electron chi connectivity index (χ0n) is 14.5. The van der Waals surface area contributed by atoms with E-state index in [0.29, 0.717) is 12.0 Å². The molecule has 1 aromatic carbocycles. The van der Waals surface area contributed by atoms with Crippen LogP contribution in [0.2, 0.25) is 0 Å². The van der Waals surface area contributed by atoms with Gasteiger partial charge >= 0.3 is 6.03 Å². The minimum Gasteiger partial charge on any atom is -0.396 e. The summed E-state index contributed by atoms with van der Waals surface area (Å²) in [5.74, 6) is -0.624. The van der Waals surface area contributed by atoms with Crippen molar-refractivity contribution in [2.75, 3.05) is 26.2 Å². The number of piperidine rings is 1. The summed E-state index contributed by atoms with van der Waals surface area (Å²) in [6, 6.07) is 5.75. The third-order valence-corrected chi connectivity index (χ3v) is 5.15. The van der Waals surface area contributed by atoms with Crippen LogP contribution >= 0.6 is 12.4 Å². The zero-order valence-corrected chi connectivity index (χ0v) is 15.4. The highest BCUT2D eigenvalue weighted by atomic mass is 35.5. The van der Waals surface area contributed by atoms with Crippen molar-refractivity contribution in [1.29, 1.82) is 0 Å². The molecule has 0 bridgehead atoms. The van der Waals surface area contributed by atoms with E-state index in [9.17, 15) is 14.0 Å². The van der Waals surface area contributed by atoms with E-state index >= 15 is 0 Å². The fraction of sp³-hybridized carbons (Fsp3) is 0.556. The third kappa shape index (κ3) is 4.00. The molecule has 0 spiro atoms. The van der Waals surface area contributed by atoms with Gasteiger partial charge in [0.1, 0.15) is 11.4 Å². The smallest absolute Gasteiger partial charge is 0.325 e. The Morgan fingerprint density at radius 2 is 2.00 bits per heavy atom. The van der Waals surface area contributed by atoms with Crippen LogP contribution in [0.25, 0.3) is 0 Å². The van der Waals surface area contributed by atoms with E-state index in [1.807, 2.05) is 0 Å². The minimum absolute atomic E-state index is 0. The van der Waals surface area contributed by atoms with Crippen molar-refractivity contribution in [2.24, 2.45) is 5.92 Å². The predicted molar refractivity (Wildman–Crippen MR) is 97.6 cm³/mol. The quantitative estimate of drug-likeness (QED) is 0.647. The van der Waals surface area contributed by atoms with Gasteiger partial charge in [0.15, 0.2) is 0 Å². The maximum atomic E-state index is 13.6. The molecule has 2 aliphatic rings. The molecule has 6 nitrogen and oxygen atoms in total. The van der Waals surface area contributed by atoms with Crippen molar-refractivity contribution in [2.45, 2.75) is 31.2 Å². The van der Waals surface area contributed by atoms with Crippen LogP contribution in [0.1, 0.15) is 24.8 Å². The second-order valence-corrected chi connectivity index (χ2v) is 6.77. The summed E-state index contributed by atoms with van der Waals surface area (Å²) in [6.07, 6.45) is 2.17. The van der Waals surface area contributed by atoms with Gasteiger partial charge in [0.05, 0.1) is 0 Å². The van der Waals surface area contributed by atoms with Crippen LogP contribution in [-0.4, -0.2) is 53.7 Å². The van der Waals surface area contributed by atoms with Crippen LogP contribution in [0.3, 0.4) is 0 Å². The number of hydrogen-bond donors (Lipinski definition) is 3. The van der Waals surface area contributed by atoms with Crippen LogP contribution in [0.5, 0.6) is 0 Å². The lowest BCUT2D eigenvalue weighted by Gasteiger charge is -2.38. The van der Waals surface area contributed by atoms with E-state index in [1.165, 1.54) is 17.0 Å². The van der Waals surface area contributed by atoms with E-state index in [4.69, 9.17) is 5.11 Å². The fourth-order valence-corrected chi connectivity index (χ4v) is 3.90. The molecule has 1 unspecified atom stereocenters. The van der Waals surface area contributed by atoms with Gasteiger partial charge in [0.25, 0.3) is 5.91 Å². The molecule has 0 saturated carbocycles. The first-order valence-electron chi connectivity index (χ1n) is 8.77. The van der Waals surface area contributed by atoms with Crippen molar-refractivity contribution < 1.29 is 19.1 Å². The van der Waals surface area contributed by atoms with Crippen molar-refractivity contribution in [1.82, 2.24) is 15.5 Å². The van der Waals surface area contributed by atoms with Crippen molar-refractivity contribution in [3.05, 3.63) is 35.6 Å². The van der Waals surface area contributed by atoms with Crippen molar-refractivity contribution in [3.8, 4) is 0 Å². The van der Waals surface area contributed by atoms with Gasteiger partial charge in [-0.05, 0) is 56.0 Å². The molecule has 2 saturated heterocycles. The van der Waals surface area contributed by atoms with Gasteiger partial charge in [-0.1, -0.05) is 12.1 Å². The molecule has 2 heterocycles. The largest absolute Gasteiger partial charge is 0.396 e. The third-order valence-electron chi connectivity index (χ3n) is 5.15. The molecule has 3 rings (SSSR count). The normalized spacial score (nSPS) is 23.7. The van der Waals surface area contributed by atoms with Crippen LogP contribution in [0, 0.1) is 11.7 Å². The lowest BCUT2D eigenvalue weighted by molar-refractivity contribution is -0.133. The fourth-order valence-electron chi connectivity index (χ4n) is 3.90. The summed E-state index contributed by atoms with van der Waals surface area (Å²) in [4.78, 5) is 26.8. The van der Waals surface area contributed by atoms with Crippen LogP contribution in [0.4, 0.5) is 9.18 Å².